The average Bonchev–Trinajstić information content (AvgIpc) is 2.40. The average molecular weight is 285 g/mol. The van der Waals surface area contributed by atoms with Crippen LogP contribution in [0.4, 0.5) is 11.8 Å². The van der Waals surface area contributed by atoms with Gasteiger partial charge in [0, 0.05) is 6.54 Å². The lowest BCUT2D eigenvalue weighted by molar-refractivity contribution is 0.581. The van der Waals surface area contributed by atoms with Gasteiger partial charge in [0.1, 0.15) is 10.8 Å². The molecule has 5 heteroatoms. The fourth-order valence-electron chi connectivity index (χ4n) is 1.97. The Bertz CT molecular complexity index is 357. The van der Waals surface area contributed by atoms with Crippen LogP contribution < -0.4 is 11.1 Å². The Balaban J connectivity index is 2.03. The first kappa shape index (κ1) is 16.0. The molecule has 1 rings (SSSR count). The van der Waals surface area contributed by atoms with Crippen LogP contribution >= 0.6 is 11.6 Å². The van der Waals surface area contributed by atoms with Crippen molar-refractivity contribution in [2.45, 2.75) is 58.3 Å². The van der Waals surface area contributed by atoms with Gasteiger partial charge in [-0.25, -0.2) is 4.98 Å². The van der Waals surface area contributed by atoms with Crippen LogP contribution in [0.2, 0.25) is 5.02 Å². The monoisotopic (exact) mass is 284 g/mol. The third kappa shape index (κ3) is 7.21. The third-order valence-corrected chi connectivity index (χ3v) is 3.36. The van der Waals surface area contributed by atoms with Crippen molar-refractivity contribution in [1.29, 1.82) is 0 Å². The van der Waals surface area contributed by atoms with Crippen LogP contribution in [-0.4, -0.2) is 16.5 Å². The molecule has 1 aromatic rings. The van der Waals surface area contributed by atoms with Gasteiger partial charge in [-0.3, -0.25) is 0 Å². The Hall–Kier alpha value is -1.03. The number of rotatable bonds is 10. The van der Waals surface area contributed by atoms with Gasteiger partial charge in [-0.2, -0.15) is 4.98 Å². The zero-order valence-electron chi connectivity index (χ0n) is 11.8. The van der Waals surface area contributed by atoms with E-state index in [1.165, 1.54) is 51.1 Å². The van der Waals surface area contributed by atoms with Crippen molar-refractivity contribution < 1.29 is 0 Å². The Kier molecular flexibility index (Phi) is 8.30. The van der Waals surface area contributed by atoms with Crippen LogP contribution in [0.3, 0.4) is 0 Å². The van der Waals surface area contributed by atoms with Crippen LogP contribution in [-0.2, 0) is 0 Å². The molecule has 0 saturated carbocycles. The molecule has 0 amide bonds. The van der Waals surface area contributed by atoms with Gasteiger partial charge in [-0.1, -0.05) is 63.5 Å². The number of nitrogens with one attached hydrogen (secondary N) is 1. The number of nitrogens with two attached hydrogens (primary N) is 1. The lowest BCUT2D eigenvalue weighted by Crippen LogP contribution is -2.06. The first-order chi connectivity index (χ1) is 9.24. The van der Waals surface area contributed by atoms with Gasteiger partial charge in [-0.15, -0.1) is 0 Å². The van der Waals surface area contributed by atoms with Crippen molar-refractivity contribution in [1.82, 2.24) is 9.97 Å². The molecular weight excluding hydrogens is 260 g/mol. The summed E-state index contributed by atoms with van der Waals surface area (Å²) in [6, 6.07) is 0. The zero-order chi connectivity index (χ0) is 13.9. The molecule has 108 valence electrons. The molecule has 0 spiro atoms. The molecule has 19 heavy (non-hydrogen) atoms. The fourth-order valence-corrected chi connectivity index (χ4v) is 2.13. The quantitative estimate of drug-likeness (QED) is 0.630. The van der Waals surface area contributed by atoms with E-state index in [2.05, 4.69) is 22.2 Å². The fraction of sp³-hybridized carbons (Fsp3) is 0.714. The van der Waals surface area contributed by atoms with E-state index >= 15 is 0 Å². The van der Waals surface area contributed by atoms with Crippen molar-refractivity contribution >= 4 is 23.4 Å². The van der Waals surface area contributed by atoms with Crippen LogP contribution in [0.25, 0.3) is 0 Å². The van der Waals surface area contributed by atoms with Gasteiger partial charge in [0.25, 0.3) is 0 Å². The van der Waals surface area contributed by atoms with Crippen molar-refractivity contribution in [3.8, 4) is 0 Å². The molecule has 0 aliphatic rings. The third-order valence-electron chi connectivity index (χ3n) is 3.09. The van der Waals surface area contributed by atoms with E-state index < -0.39 is 0 Å². The lowest BCUT2D eigenvalue weighted by Gasteiger charge is -2.07. The number of unbranched alkanes of at least 4 members (excludes halogenated alkanes) is 7. The van der Waals surface area contributed by atoms with Crippen molar-refractivity contribution in [3.63, 3.8) is 0 Å². The predicted molar refractivity (Wildman–Crippen MR) is 82.6 cm³/mol. The summed E-state index contributed by atoms with van der Waals surface area (Å²) in [5.74, 6) is 0.889. The van der Waals surface area contributed by atoms with E-state index in [1.807, 2.05) is 0 Å². The second kappa shape index (κ2) is 9.84. The summed E-state index contributed by atoms with van der Waals surface area (Å²) in [5, 5.41) is 3.72. The molecule has 1 aromatic heterocycles. The summed E-state index contributed by atoms with van der Waals surface area (Å²) in [6.07, 6.45) is 12.0. The highest BCUT2D eigenvalue weighted by atomic mass is 35.5. The lowest BCUT2D eigenvalue weighted by atomic mass is 10.1. The molecule has 0 radical (unpaired) electrons. The second-order valence-corrected chi connectivity index (χ2v) is 5.23. The predicted octanol–water partition coefficient (Wildman–Crippen LogP) is 4.26. The highest BCUT2D eigenvalue weighted by Crippen LogP contribution is 2.18. The Morgan fingerprint density at radius 1 is 1.11 bits per heavy atom. The van der Waals surface area contributed by atoms with E-state index in [1.54, 1.807) is 0 Å². The molecule has 1 heterocycles. The number of anilines is 2. The number of hydrogen-bond acceptors (Lipinski definition) is 4. The van der Waals surface area contributed by atoms with E-state index in [0.717, 1.165) is 13.0 Å². The molecule has 0 saturated heterocycles. The smallest absolute Gasteiger partial charge is 0.222 e. The molecule has 0 bridgehead atoms. The number of aromatic nitrogens is 2. The minimum absolute atomic E-state index is 0.253. The molecule has 0 aliphatic carbocycles. The maximum Gasteiger partial charge on any atom is 0.222 e. The van der Waals surface area contributed by atoms with Crippen LogP contribution in [0.1, 0.15) is 58.3 Å². The molecule has 0 fully saturated rings. The molecule has 4 nitrogen and oxygen atoms in total. The van der Waals surface area contributed by atoms with E-state index in [-0.39, 0.29) is 5.95 Å². The largest absolute Gasteiger partial charge is 0.369 e. The van der Waals surface area contributed by atoms with Crippen molar-refractivity contribution in [2.24, 2.45) is 0 Å². The first-order valence-electron chi connectivity index (χ1n) is 7.26. The molecule has 0 atom stereocenters. The molecule has 0 unspecified atom stereocenters. The Morgan fingerprint density at radius 2 is 1.74 bits per heavy atom. The summed E-state index contributed by atoms with van der Waals surface area (Å²) in [5.41, 5.74) is 5.52. The van der Waals surface area contributed by atoms with Crippen LogP contribution in [0.15, 0.2) is 6.20 Å². The van der Waals surface area contributed by atoms with Crippen LogP contribution in [0, 0.1) is 0 Å². The number of nitrogens with zero attached hydrogens (tertiary/aromatic N) is 2. The van der Waals surface area contributed by atoms with Gasteiger partial charge in [0.2, 0.25) is 5.95 Å². The maximum atomic E-state index is 5.96. The molecule has 3 N–H and O–H groups in total. The van der Waals surface area contributed by atoms with E-state index in [0.29, 0.717) is 10.8 Å². The SMILES string of the molecule is CCCCCCCCCCNc1nc(N)ncc1Cl. The highest BCUT2D eigenvalue weighted by Gasteiger charge is 2.02. The first-order valence-corrected chi connectivity index (χ1v) is 7.63. The Morgan fingerprint density at radius 3 is 2.42 bits per heavy atom. The highest BCUT2D eigenvalue weighted by molar-refractivity contribution is 6.32. The standard InChI is InChI=1S/C14H25ClN4/c1-2-3-4-5-6-7-8-9-10-17-13-12(15)11-18-14(16)19-13/h11H,2-10H2,1H3,(H3,16,17,18,19). The van der Waals surface area contributed by atoms with Crippen LogP contribution in [0.5, 0.6) is 0 Å². The van der Waals surface area contributed by atoms with E-state index in [4.69, 9.17) is 17.3 Å². The summed E-state index contributed by atoms with van der Waals surface area (Å²) >= 11 is 5.96. The molecular formula is C14H25ClN4. The van der Waals surface area contributed by atoms with E-state index in [9.17, 15) is 0 Å². The Labute approximate surface area is 121 Å². The summed E-state index contributed by atoms with van der Waals surface area (Å²) in [4.78, 5) is 7.89. The van der Waals surface area contributed by atoms with Gasteiger partial charge in [0.15, 0.2) is 0 Å². The normalized spacial score (nSPS) is 10.6. The van der Waals surface area contributed by atoms with Gasteiger partial charge >= 0.3 is 0 Å². The maximum absolute atomic E-state index is 5.96. The summed E-state index contributed by atoms with van der Waals surface area (Å²) in [6.45, 7) is 3.13. The zero-order valence-corrected chi connectivity index (χ0v) is 12.5. The van der Waals surface area contributed by atoms with Crippen molar-refractivity contribution in [2.75, 3.05) is 17.6 Å². The minimum atomic E-state index is 0.253. The number of halogens is 1. The topological polar surface area (TPSA) is 63.8 Å². The number of hydrogen-bond donors (Lipinski definition) is 2. The molecule has 0 aliphatic heterocycles. The minimum Gasteiger partial charge on any atom is -0.369 e. The summed E-state index contributed by atoms with van der Waals surface area (Å²) < 4.78 is 0. The number of nitrogen functional groups attached to an aromatic ring is 1. The van der Waals surface area contributed by atoms with Gasteiger partial charge in [0.05, 0.1) is 6.20 Å². The second-order valence-electron chi connectivity index (χ2n) is 4.83. The van der Waals surface area contributed by atoms with Crippen molar-refractivity contribution in [3.05, 3.63) is 11.2 Å². The van der Waals surface area contributed by atoms with Gasteiger partial charge < -0.3 is 11.1 Å². The molecule has 0 aromatic carbocycles. The van der Waals surface area contributed by atoms with Gasteiger partial charge in [-0.05, 0) is 6.42 Å². The summed E-state index contributed by atoms with van der Waals surface area (Å²) in [7, 11) is 0.